The Hall–Kier alpha value is -4.57. The van der Waals surface area contributed by atoms with Crippen LogP contribution in [0.25, 0.3) is 22.2 Å². The van der Waals surface area contributed by atoms with Crippen LogP contribution in [0.5, 0.6) is 5.75 Å². The Balaban J connectivity index is 1.31. The van der Waals surface area contributed by atoms with E-state index in [-0.39, 0.29) is 19.5 Å². The number of fused-ring (bicyclic) bond motifs is 1. The molecule has 0 spiro atoms. The van der Waals surface area contributed by atoms with Crippen LogP contribution in [0.4, 0.5) is 8.78 Å². The van der Waals surface area contributed by atoms with E-state index in [1.807, 2.05) is 55.5 Å². The van der Waals surface area contributed by atoms with Gasteiger partial charge in [-0.15, -0.1) is 0 Å². The Labute approximate surface area is 236 Å². The summed E-state index contributed by atoms with van der Waals surface area (Å²) in [6.45, 7) is 1.46. The molecule has 0 aliphatic carbocycles. The molecule has 1 atom stereocenters. The quantitative estimate of drug-likeness (QED) is 0.277. The Kier molecular flexibility index (Phi) is 8.39. The summed E-state index contributed by atoms with van der Waals surface area (Å²) in [7, 11) is 3.95. The molecular formula is C31H31F2N5O3. The molecule has 4 aromatic rings. The van der Waals surface area contributed by atoms with E-state index in [0.29, 0.717) is 17.9 Å². The normalized spacial score (nSPS) is 15.1. The third kappa shape index (κ3) is 6.60. The predicted molar refractivity (Wildman–Crippen MR) is 152 cm³/mol. The van der Waals surface area contributed by atoms with Gasteiger partial charge in [0.25, 0.3) is 0 Å². The van der Waals surface area contributed by atoms with Crippen molar-refractivity contribution in [3.05, 3.63) is 96.0 Å². The number of rotatable bonds is 10. The van der Waals surface area contributed by atoms with Gasteiger partial charge in [-0.2, -0.15) is 0 Å². The molecule has 1 aliphatic heterocycles. The number of amides is 2. The zero-order chi connectivity index (χ0) is 28.9. The third-order valence-corrected chi connectivity index (χ3v) is 6.89. The van der Waals surface area contributed by atoms with Crippen LogP contribution in [0.2, 0.25) is 0 Å². The standard InChI is InChI=1S/C31H31F2N5O3/c1-37(2)11-12-41-23-14-21(13-22(16-23)26-18-35-29-24(26)5-3-9-34-29)17-36-30(39)25-6-4-10-38(31(25)40)19-20-7-8-27(32)28(33)15-20/h3-5,7-10,13-16,18,25H,6,11-12,17,19H2,1-2H3,(H,34,35)(H,36,39). The maximum Gasteiger partial charge on any atom is 0.239 e. The maximum atomic E-state index is 13.6. The summed E-state index contributed by atoms with van der Waals surface area (Å²) in [5.74, 6) is -3.01. The number of aromatic nitrogens is 2. The number of likely N-dealkylation sites (N-methyl/N-ethyl adjacent to an activating group) is 1. The van der Waals surface area contributed by atoms with Crippen LogP contribution in [-0.4, -0.2) is 58.8 Å². The largest absolute Gasteiger partial charge is 0.492 e. The van der Waals surface area contributed by atoms with E-state index < -0.39 is 29.4 Å². The average Bonchev–Trinajstić information content (AvgIpc) is 3.39. The lowest BCUT2D eigenvalue weighted by atomic mass is 9.98. The number of allylic oxidation sites excluding steroid dienone is 1. The molecule has 0 bridgehead atoms. The number of aromatic amines is 1. The van der Waals surface area contributed by atoms with Gasteiger partial charge >= 0.3 is 0 Å². The Morgan fingerprint density at radius 3 is 2.80 bits per heavy atom. The monoisotopic (exact) mass is 559 g/mol. The lowest BCUT2D eigenvalue weighted by Crippen LogP contribution is -2.43. The van der Waals surface area contributed by atoms with Gasteiger partial charge in [-0.1, -0.05) is 12.1 Å². The van der Waals surface area contributed by atoms with Gasteiger partial charge in [0.15, 0.2) is 11.6 Å². The van der Waals surface area contributed by atoms with Crippen LogP contribution in [-0.2, 0) is 22.7 Å². The van der Waals surface area contributed by atoms with E-state index in [0.717, 1.165) is 46.4 Å². The Bertz CT molecular complexity index is 1600. The topological polar surface area (TPSA) is 90.6 Å². The van der Waals surface area contributed by atoms with E-state index in [1.165, 1.54) is 11.0 Å². The molecule has 5 rings (SSSR count). The zero-order valence-corrected chi connectivity index (χ0v) is 22.9. The first-order chi connectivity index (χ1) is 19.8. The number of hydrogen-bond donors (Lipinski definition) is 2. The second-order valence-corrected chi connectivity index (χ2v) is 10.2. The molecule has 1 aliphatic rings. The molecule has 2 amide bonds. The molecule has 0 saturated heterocycles. The fourth-order valence-corrected chi connectivity index (χ4v) is 4.74. The van der Waals surface area contributed by atoms with Gasteiger partial charge in [0.2, 0.25) is 11.8 Å². The minimum atomic E-state index is -0.985. The smallest absolute Gasteiger partial charge is 0.239 e. The summed E-state index contributed by atoms with van der Waals surface area (Å²) in [5, 5.41) is 3.86. The van der Waals surface area contributed by atoms with Crippen molar-refractivity contribution < 1.29 is 23.1 Å². The second-order valence-electron chi connectivity index (χ2n) is 10.2. The van der Waals surface area contributed by atoms with Crippen molar-refractivity contribution in [3.63, 3.8) is 0 Å². The van der Waals surface area contributed by atoms with E-state index in [9.17, 15) is 18.4 Å². The Morgan fingerprint density at radius 2 is 2.00 bits per heavy atom. The highest BCUT2D eigenvalue weighted by atomic mass is 19.2. The van der Waals surface area contributed by atoms with E-state index in [2.05, 4.69) is 15.3 Å². The highest BCUT2D eigenvalue weighted by Crippen LogP contribution is 2.31. The number of halogens is 2. The van der Waals surface area contributed by atoms with Gasteiger partial charge in [0.05, 0.1) is 6.54 Å². The molecule has 2 N–H and O–H groups in total. The van der Waals surface area contributed by atoms with Crippen molar-refractivity contribution in [2.24, 2.45) is 5.92 Å². The first kappa shape index (κ1) is 28.0. The van der Waals surface area contributed by atoms with Crippen LogP contribution in [0.3, 0.4) is 0 Å². The molecule has 212 valence electrons. The first-order valence-electron chi connectivity index (χ1n) is 13.3. The first-order valence-corrected chi connectivity index (χ1v) is 13.3. The van der Waals surface area contributed by atoms with E-state index in [1.54, 1.807) is 18.5 Å². The second kappa shape index (κ2) is 12.3. The van der Waals surface area contributed by atoms with Gasteiger partial charge in [-0.3, -0.25) is 9.59 Å². The van der Waals surface area contributed by atoms with Crippen molar-refractivity contribution >= 4 is 22.8 Å². The molecule has 0 radical (unpaired) electrons. The lowest BCUT2D eigenvalue weighted by molar-refractivity contribution is -0.141. The van der Waals surface area contributed by atoms with E-state index in [4.69, 9.17) is 4.74 Å². The van der Waals surface area contributed by atoms with Crippen molar-refractivity contribution in [2.45, 2.75) is 19.5 Å². The highest BCUT2D eigenvalue weighted by Gasteiger charge is 2.31. The molecule has 3 heterocycles. The van der Waals surface area contributed by atoms with Crippen LogP contribution < -0.4 is 10.1 Å². The molecule has 0 fully saturated rings. The van der Waals surface area contributed by atoms with E-state index >= 15 is 0 Å². The maximum absolute atomic E-state index is 13.6. The average molecular weight is 560 g/mol. The molecular weight excluding hydrogens is 528 g/mol. The van der Waals surface area contributed by atoms with Gasteiger partial charge in [-0.05, 0) is 79.7 Å². The molecule has 2 aromatic heterocycles. The molecule has 41 heavy (non-hydrogen) atoms. The number of hydrogen-bond acceptors (Lipinski definition) is 5. The van der Waals surface area contributed by atoms with Crippen molar-refractivity contribution in [1.82, 2.24) is 25.1 Å². The fraction of sp³-hybridized carbons (Fsp3) is 0.258. The Morgan fingerprint density at radius 1 is 1.15 bits per heavy atom. The molecule has 1 unspecified atom stereocenters. The van der Waals surface area contributed by atoms with Crippen molar-refractivity contribution in [1.29, 1.82) is 0 Å². The zero-order valence-electron chi connectivity index (χ0n) is 22.9. The molecule has 0 saturated carbocycles. The van der Waals surface area contributed by atoms with Crippen LogP contribution in [0, 0.1) is 17.6 Å². The number of nitrogens with zero attached hydrogens (tertiary/aromatic N) is 3. The van der Waals surface area contributed by atoms with Gasteiger partial charge in [0.1, 0.15) is 23.9 Å². The summed E-state index contributed by atoms with van der Waals surface area (Å²) in [6.07, 6.45) is 7.18. The summed E-state index contributed by atoms with van der Waals surface area (Å²) in [4.78, 5) is 37.2. The predicted octanol–water partition coefficient (Wildman–Crippen LogP) is 4.63. The number of H-pyrrole nitrogens is 1. The number of carbonyl (C=O) groups is 2. The number of pyridine rings is 1. The number of benzene rings is 2. The van der Waals surface area contributed by atoms with Gasteiger partial charge in [-0.25, -0.2) is 13.8 Å². The van der Waals surface area contributed by atoms with Gasteiger partial charge in [0, 0.05) is 42.6 Å². The number of ether oxygens (including phenoxy) is 1. The molecule has 2 aromatic carbocycles. The van der Waals surface area contributed by atoms with Gasteiger partial charge < -0.3 is 24.8 Å². The molecule has 8 nitrogen and oxygen atoms in total. The SMILES string of the molecule is CN(C)CCOc1cc(CNC(=O)C2CC=CN(Cc3ccc(F)c(F)c3)C2=O)cc(-c2c[nH]c3ncccc23)c1. The van der Waals surface area contributed by atoms with Crippen LogP contribution in [0.15, 0.2) is 73.2 Å². The minimum Gasteiger partial charge on any atom is -0.492 e. The molecule has 10 heteroatoms. The highest BCUT2D eigenvalue weighted by molar-refractivity contribution is 6.01. The summed E-state index contributed by atoms with van der Waals surface area (Å²) in [5.41, 5.74) is 3.87. The van der Waals surface area contributed by atoms with Crippen LogP contribution >= 0.6 is 0 Å². The lowest BCUT2D eigenvalue weighted by Gasteiger charge is -2.27. The number of carbonyl (C=O) groups excluding carboxylic acids is 2. The number of nitrogens with one attached hydrogen (secondary N) is 2. The summed E-state index contributed by atoms with van der Waals surface area (Å²) in [6, 6.07) is 13.2. The fourth-order valence-electron chi connectivity index (χ4n) is 4.74. The van der Waals surface area contributed by atoms with Crippen molar-refractivity contribution in [2.75, 3.05) is 27.2 Å². The van der Waals surface area contributed by atoms with Crippen molar-refractivity contribution in [3.8, 4) is 16.9 Å². The summed E-state index contributed by atoms with van der Waals surface area (Å²) >= 11 is 0. The third-order valence-electron chi connectivity index (χ3n) is 6.89. The van der Waals surface area contributed by atoms with Crippen LogP contribution in [0.1, 0.15) is 17.5 Å². The summed E-state index contributed by atoms with van der Waals surface area (Å²) < 4.78 is 33.0. The minimum absolute atomic E-state index is 0.0332.